The van der Waals surface area contributed by atoms with Crippen molar-refractivity contribution < 1.29 is 57.5 Å². The summed E-state index contributed by atoms with van der Waals surface area (Å²) in [5.41, 5.74) is 1.09. The van der Waals surface area contributed by atoms with Gasteiger partial charge in [0.15, 0.2) is 22.5 Å². The summed E-state index contributed by atoms with van der Waals surface area (Å²) in [7, 11) is -2.94. The molecule has 1 saturated carbocycles. The van der Waals surface area contributed by atoms with Crippen molar-refractivity contribution in [2.75, 3.05) is 13.6 Å². The van der Waals surface area contributed by atoms with Crippen LogP contribution in [0.1, 0.15) is 30.4 Å². The molecule has 2 N–H and O–H groups in total. The number of piperidine rings is 1. The largest absolute Gasteiger partial charge is 1.00 e. The maximum absolute atomic E-state index is 12.0. The summed E-state index contributed by atoms with van der Waals surface area (Å²) in [6.07, 6.45) is 0.534. The zero-order valence-corrected chi connectivity index (χ0v) is 17.6. The second-order valence-electron chi connectivity index (χ2n) is 7.93. The number of aliphatic hydroxyl groups is 1. The van der Waals surface area contributed by atoms with E-state index < -0.39 is 26.6 Å². The molecule has 2 heterocycles. The molecule has 1 unspecified atom stereocenters. The van der Waals surface area contributed by atoms with E-state index in [0.717, 1.165) is 24.1 Å². The Hall–Kier alpha value is -0.350. The summed E-state index contributed by atoms with van der Waals surface area (Å²) in [5.74, 6) is 0.276. The molecule has 1 saturated heterocycles. The molecule has 5 atom stereocenters. The molecule has 26 heavy (non-hydrogen) atoms. The first kappa shape index (κ1) is 19.0. The van der Waals surface area contributed by atoms with Gasteiger partial charge >= 0.3 is 29.6 Å². The van der Waals surface area contributed by atoms with Crippen LogP contribution in [0, 0.1) is 5.92 Å². The van der Waals surface area contributed by atoms with Gasteiger partial charge < -0.3 is 24.4 Å². The number of likely N-dealkylation sites (N-methyl/N-ethyl adjacent to an activating group) is 1. The van der Waals surface area contributed by atoms with E-state index in [1.165, 1.54) is 0 Å². The zero-order chi connectivity index (χ0) is 17.8. The van der Waals surface area contributed by atoms with Gasteiger partial charge in [0, 0.05) is 17.0 Å². The number of aromatic hydroxyl groups is 1. The number of likely N-dealkylation sites (tertiary alicyclic amines) is 1. The monoisotopic (exact) mass is 389 g/mol. The van der Waals surface area contributed by atoms with Crippen LogP contribution in [-0.2, 0) is 22.0 Å². The second kappa shape index (κ2) is 5.59. The molecule has 0 amide bonds. The number of phenolic OH excluding ortho intramolecular Hbond substituents is 1. The number of phenols is 1. The predicted octanol–water partition coefficient (Wildman–Crippen LogP) is -2.70. The van der Waals surface area contributed by atoms with Gasteiger partial charge in [-0.1, -0.05) is 6.07 Å². The van der Waals surface area contributed by atoms with Crippen LogP contribution in [0.5, 0.6) is 11.5 Å². The Labute approximate surface area is 174 Å². The number of hydrogen-bond acceptors (Lipinski definition) is 7. The first-order chi connectivity index (χ1) is 11.7. The van der Waals surface area contributed by atoms with E-state index in [4.69, 9.17) is 4.74 Å². The minimum absolute atomic E-state index is 0. The molecule has 2 aliphatic carbocycles. The molecule has 1 aromatic rings. The Morgan fingerprint density at radius 1 is 1.35 bits per heavy atom. The maximum atomic E-state index is 12.0. The first-order valence-electron chi connectivity index (χ1n) is 8.60. The molecule has 2 fully saturated rings. The van der Waals surface area contributed by atoms with E-state index >= 15 is 0 Å². The van der Waals surface area contributed by atoms with Gasteiger partial charge in [0.05, 0.1) is 0 Å². The van der Waals surface area contributed by atoms with Crippen LogP contribution in [0.15, 0.2) is 12.1 Å². The fourth-order valence-electron chi connectivity index (χ4n) is 5.98. The van der Waals surface area contributed by atoms with Gasteiger partial charge in [0.2, 0.25) is 0 Å². The van der Waals surface area contributed by atoms with Crippen LogP contribution < -0.4 is 34.3 Å². The van der Waals surface area contributed by atoms with E-state index in [1.807, 2.05) is 6.07 Å². The summed E-state index contributed by atoms with van der Waals surface area (Å²) in [6.45, 7) is 0.727. The Kier molecular flexibility index (Phi) is 4.08. The number of nitrogens with zero attached hydrogens (tertiary/aromatic N) is 1. The zero-order valence-electron chi connectivity index (χ0n) is 14.8. The number of hydrogen-bond donors (Lipinski definition) is 2. The van der Waals surface area contributed by atoms with Gasteiger partial charge in [0.1, 0.15) is 10.1 Å². The Balaban J connectivity index is 0.00000168. The fraction of sp³-hybridized carbons (Fsp3) is 0.647. The van der Waals surface area contributed by atoms with Crippen LogP contribution in [0.3, 0.4) is 0 Å². The molecule has 9 heteroatoms. The molecule has 0 radical (unpaired) electrons. The van der Waals surface area contributed by atoms with Crippen LogP contribution in [0.2, 0.25) is 0 Å². The molecule has 1 spiro atoms. The SMILES string of the molecule is CN1CC[C@]23c4c5ccc(O)c4O[C@@H]2C(O)(S(=O)(=O)[O-])CC[C@H]3[C@H]1C5.[Na+]. The summed E-state index contributed by atoms with van der Waals surface area (Å²) >= 11 is 0. The van der Waals surface area contributed by atoms with Crippen LogP contribution in [-0.4, -0.2) is 58.8 Å². The minimum atomic E-state index is -4.99. The van der Waals surface area contributed by atoms with Gasteiger partial charge in [0.25, 0.3) is 0 Å². The quantitative estimate of drug-likeness (QED) is 0.397. The van der Waals surface area contributed by atoms with E-state index in [2.05, 4.69) is 11.9 Å². The van der Waals surface area contributed by atoms with Crippen molar-refractivity contribution >= 4 is 10.1 Å². The van der Waals surface area contributed by atoms with E-state index in [9.17, 15) is 23.2 Å². The topological polar surface area (TPSA) is 110 Å². The van der Waals surface area contributed by atoms with Crippen molar-refractivity contribution in [3.05, 3.63) is 23.3 Å². The maximum Gasteiger partial charge on any atom is 1.00 e. The number of benzene rings is 1. The van der Waals surface area contributed by atoms with Gasteiger partial charge in [-0.3, -0.25) is 0 Å². The standard InChI is InChI=1S/C17H21NO6S.Na/c1-18-7-6-16-10-4-5-17(20,25(21,22)23)15(16)24-14-12(19)3-2-9(13(14)16)8-11(10)18;/h2-3,10-11,15,19-20H,4-8H2,1H3,(H,21,22,23);/q;+1/p-1/t10-,11+,15-,16-,17?;/m0./s1. The minimum Gasteiger partial charge on any atom is -0.746 e. The van der Waals surface area contributed by atoms with E-state index in [1.54, 1.807) is 6.07 Å². The molecular formula is C17H20NNaO6S. The first-order valence-corrected chi connectivity index (χ1v) is 10.0. The average molecular weight is 389 g/mol. The van der Waals surface area contributed by atoms with Crippen molar-refractivity contribution in [2.45, 2.75) is 48.2 Å². The number of ether oxygens (including phenoxy) is 1. The van der Waals surface area contributed by atoms with Crippen molar-refractivity contribution in [2.24, 2.45) is 5.92 Å². The summed E-state index contributed by atoms with van der Waals surface area (Å²) in [6, 6.07) is 3.61. The number of rotatable bonds is 1. The van der Waals surface area contributed by atoms with E-state index in [-0.39, 0.29) is 59.4 Å². The van der Waals surface area contributed by atoms with Crippen LogP contribution in [0.25, 0.3) is 0 Å². The molecule has 4 aliphatic rings. The molecule has 1 aromatic carbocycles. The van der Waals surface area contributed by atoms with Crippen LogP contribution >= 0.6 is 0 Å². The third kappa shape index (κ3) is 2.01. The Bertz CT molecular complexity index is 891. The van der Waals surface area contributed by atoms with Gasteiger partial charge in [-0.2, -0.15) is 0 Å². The molecule has 136 valence electrons. The predicted molar refractivity (Wildman–Crippen MR) is 86.3 cm³/mol. The summed E-state index contributed by atoms with van der Waals surface area (Å²) in [5, 5.41) is 21.2. The second-order valence-corrected chi connectivity index (χ2v) is 9.55. The molecule has 7 nitrogen and oxygen atoms in total. The third-order valence-electron chi connectivity index (χ3n) is 7.05. The summed E-state index contributed by atoms with van der Waals surface area (Å²) in [4.78, 5) is -0.194. The van der Waals surface area contributed by atoms with Crippen molar-refractivity contribution in [3.8, 4) is 11.5 Å². The average Bonchev–Trinajstić information content (AvgIpc) is 2.90. The van der Waals surface area contributed by atoms with E-state index in [0.29, 0.717) is 12.8 Å². The van der Waals surface area contributed by atoms with Gasteiger partial charge in [-0.05, 0) is 56.8 Å². The van der Waals surface area contributed by atoms with Gasteiger partial charge in [-0.25, -0.2) is 8.42 Å². The normalized spacial score (nSPS) is 40.3. The summed E-state index contributed by atoms with van der Waals surface area (Å²) < 4.78 is 41.8. The van der Waals surface area contributed by atoms with Gasteiger partial charge in [-0.15, -0.1) is 0 Å². The van der Waals surface area contributed by atoms with Crippen molar-refractivity contribution in [1.29, 1.82) is 0 Å². The van der Waals surface area contributed by atoms with Crippen molar-refractivity contribution in [1.82, 2.24) is 4.90 Å². The molecule has 0 aromatic heterocycles. The Morgan fingerprint density at radius 3 is 2.77 bits per heavy atom. The fourth-order valence-corrected chi connectivity index (χ4v) is 6.87. The molecule has 2 bridgehead atoms. The smallest absolute Gasteiger partial charge is 0.746 e. The van der Waals surface area contributed by atoms with Crippen molar-refractivity contribution in [3.63, 3.8) is 0 Å². The third-order valence-corrected chi connectivity index (χ3v) is 8.33. The molecule has 2 aliphatic heterocycles. The molecular weight excluding hydrogens is 369 g/mol. The Morgan fingerprint density at radius 2 is 2.08 bits per heavy atom. The van der Waals surface area contributed by atoms with Crippen LogP contribution in [0.4, 0.5) is 0 Å². The molecule has 5 rings (SSSR count).